The fraction of sp³-hybridized carbons (Fsp3) is 1.00. The Morgan fingerprint density at radius 3 is 2.44 bits per heavy atom. The molecule has 0 amide bonds. The smallest absolute Gasteiger partial charge is 0.163 e. The standard InChI is InChI=1S/C9H16O4.C3H8/c1-9(2)12-6-3-4-11-7(5-10)8(6)13-9;1-3-2/h6-8,10H,3-5H2,1-2H3;3H2,1-2H3. The molecule has 1 N–H and O–H groups in total. The summed E-state index contributed by atoms with van der Waals surface area (Å²) in [7, 11) is 0. The van der Waals surface area contributed by atoms with Crippen LogP contribution >= 0.6 is 0 Å². The summed E-state index contributed by atoms with van der Waals surface area (Å²) in [5, 5.41) is 9.05. The number of fused-ring (bicyclic) bond motifs is 1. The first-order chi connectivity index (χ1) is 7.54. The second-order valence-electron chi connectivity index (χ2n) is 4.73. The average Bonchev–Trinajstić information content (AvgIpc) is 2.52. The van der Waals surface area contributed by atoms with E-state index in [1.165, 1.54) is 6.42 Å². The fourth-order valence-electron chi connectivity index (χ4n) is 1.99. The second kappa shape index (κ2) is 5.96. The molecule has 0 saturated carbocycles. The van der Waals surface area contributed by atoms with Crippen molar-refractivity contribution in [1.82, 2.24) is 0 Å². The molecular formula is C12H24O4. The van der Waals surface area contributed by atoms with Gasteiger partial charge in [-0.1, -0.05) is 20.3 Å². The van der Waals surface area contributed by atoms with E-state index in [0.717, 1.165) is 6.42 Å². The molecule has 0 spiro atoms. The van der Waals surface area contributed by atoms with Gasteiger partial charge in [0.05, 0.1) is 12.7 Å². The highest BCUT2D eigenvalue weighted by Gasteiger charge is 2.47. The molecule has 0 radical (unpaired) electrons. The number of hydrogen-bond acceptors (Lipinski definition) is 4. The van der Waals surface area contributed by atoms with Crippen LogP contribution in [0.15, 0.2) is 0 Å². The molecule has 2 aliphatic heterocycles. The van der Waals surface area contributed by atoms with Gasteiger partial charge < -0.3 is 19.3 Å². The van der Waals surface area contributed by atoms with E-state index in [1.54, 1.807) is 0 Å². The number of aliphatic hydroxyl groups is 1. The van der Waals surface area contributed by atoms with E-state index >= 15 is 0 Å². The van der Waals surface area contributed by atoms with Crippen LogP contribution in [0, 0.1) is 0 Å². The van der Waals surface area contributed by atoms with Gasteiger partial charge in [-0.15, -0.1) is 0 Å². The molecule has 0 aromatic carbocycles. The second-order valence-corrected chi connectivity index (χ2v) is 4.73. The molecule has 2 saturated heterocycles. The number of hydrogen-bond donors (Lipinski definition) is 1. The van der Waals surface area contributed by atoms with Gasteiger partial charge in [0.25, 0.3) is 0 Å². The molecule has 0 aromatic rings. The highest BCUT2D eigenvalue weighted by atomic mass is 16.8. The Balaban J connectivity index is 0.000000386. The Morgan fingerprint density at radius 1 is 1.25 bits per heavy atom. The summed E-state index contributed by atoms with van der Waals surface area (Å²) in [4.78, 5) is 0. The van der Waals surface area contributed by atoms with Gasteiger partial charge in [0, 0.05) is 6.61 Å². The predicted molar refractivity (Wildman–Crippen MR) is 61.2 cm³/mol. The zero-order chi connectivity index (χ0) is 12.2. The summed E-state index contributed by atoms with van der Waals surface area (Å²) >= 11 is 0. The van der Waals surface area contributed by atoms with Gasteiger partial charge in [-0.05, 0) is 20.3 Å². The minimum atomic E-state index is -0.531. The quantitative estimate of drug-likeness (QED) is 0.747. The molecule has 16 heavy (non-hydrogen) atoms. The summed E-state index contributed by atoms with van der Waals surface area (Å²) in [6.07, 6.45) is 1.86. The van der Waals surface area contributed by atoms with Crippen LogP contribution in [0.1, 0.15) is 40.5 Å². The van der Waals surface area contributed by atoms with E-state index in [2.05, 4.69) is 13.8 Å². The first-order valence-corrected chi connectivity index (χ1v) is 6.12. The molecule has 4 heteroatoms. The van der Waals surface area contributed by atoms with Crippen LogP contribution in [0.2, 0.25) is 0 Å². The van der Waals surface area contributed by atoms with E-state index in [-0.39, 0.29) is 24.9 Å². The molecule has 2 heterocycles. The third-order valence-electron chi connectivity index (χ3n) is 2.50. The number of aliphatic hydroxyl groups excluding tert-OH is 1. The van der Waals surface area contributed by atoms with Crippen molar-refractivity contribution in [2.45, 2.75) is 64.6 Å². The minimum Gasteiger partial charge on any atom is -0.394 e. The summed E-state index contributed by atoms with van der Waals surface area (Å²) in [6.45, 7) is 8.67. The largest absolute Gasteiger partial charge is 0.394 e. The van der Waals surface area contributed by atoms with Gasteiger partial charge in [0.1, 0.15) is 12.2 Å². The Kier molecular flexibility index (Phi) is 5.18. The maximum atomic E-state index is 9.05. The van der Waals surface area contributed by atoms with Crippen molar-refractivity contribution in [3.8, 4) is 0 Å². The Bertz CT molecular complexity index is 205. The van der Waals surface area contributed by atoms with Crippen LogP contribution in [-0.2, 0) is 14.2 Å². The lowest BCUT2D eigenvalue weighted by atomic mass is 10.0. The number of ether oxygens (including phenoxy) is 3. The summed E-state index contributed by atoms with van der Waals surface area (Å²) < 4.78 is 16.7. The van der Waals surface area contributed by atoms with Crippen LogP contribution in [0.25, 0.3) is 0 Å². The van der Waals surface area contributed by atoms with Gasteiger partial charge in [-0.25, -0.2) is 0 Å². The van der Waals surface area contributed by atoms with Gasteiger partial charge >= 0.3 is 0 Å². The summed E-state index contributed by atoms with van der Waals surface area (Å²) in [5.74, 6) is -0.531. The highest BCUT2D eigenvalue weighted by Crippen LogP contribution is 2.34. The van der Waals surface area contributed by atoms with Crippen LogP contribution in [0.5, 0.6) is 0 Å². The molecule has 2 aliphatic rings. The fourth-order valence-corrected chi connectivity index (χ4v) is 1.99. The van der Waals surface area contributed by atoms with Crippen molar-refractivity contribution >= 4 is 0 Å². The van der Waals surface area contributed by atoms with Gasteiger partial charge in [0.2, 0.25) is 0 Å². The van der Waals surface area contributed by atoms with Crippen LogP contribution in [-0.4, -0.2) is 42.4 Å². The maximum absolute atomic E-state index is 9.05. The van der Waals surface area contributed by atoms with Crippen molar-refractivity contribution in [1.29, 1.82) is 0 Å². The van der Waals surface area contributed by atoms with Crippen molar-refractivity contribution in [3.05, 3.63) is 0 Å². The normalized spacial score (nSPS) is 36.2. The van der Waals surface area contributed by atoms with Gasteiger partial charge in [-0.2, -0.15) is 0 Å². The lowest BCUT2D eigenvalue weighted by molar-refractivity contribution is -0.157. The molecule has 0 bridgehead atoms. The van der Waals surface area contributed by atoms with Gasteiger partial charge in [-0.3, -0.25) is 0 Å². The molecule has 4 nitrogen and oxygen atoms in total. The third-order valence-corrected chi connectivity index (χ3v) is 2.50. The van der Waals surface area contributed by atoms with Crippen molar-refractivity contribution in [2.24, 2.45) is 0 Å². The van der Waals surface area contributed by atoms with E-state index in [4.69, 9.17) is 19.3 Å². The lowest BCUT2D eigenvalue weighted by Gasteiger charge is -2.29. The van der Waals surface area contributed by atoms with Crippen molar-refractivity contribution in [3.63, 3.8) is 0 Å². The predicted octanol–water partition coefficient (Wildman–Crippen LogP) is 1.70. The molecule has 0 aliphatic carbocycles. The average molecular weight is 232 g/mol. The van der Waals surface area contributed by atoms with Crippen LogP contribution < -0.4 is 0 Å². The van der Waals surface area contributed by atoms with Crippen LogP contribution in [0.4, 0.5) is 0 Å². The van der Waals surface area contributed by atoms with E-state index < -0.39 is 5.79 Å². The monoisotopic (exact) mass is 232 g/mol. The first-order valence-electron chi connectivity index (χ1n) is 6.12. The highest BCUT2D eigenvalue weighted by molar-refractivity contribution is 4.89. The molecule has 2 rings (SSSR count). The lowest BCUT2D eigenvalue weighted by Crippen LogP contribution is -2.44. The topological polar surface area (TPSA) is 47.9 Å². The molecular weight excluding hydrogens is 208 g/mol. The SMILES string of the molecule is CC1(C)OC2CCOC(CO)C2O1.CCC. The Morgan fingerprint density at radius 2 is 1.88 bits per heavy atom. The molecule has 96 valence electrons. The van der Waals surface area contributed by atoms with E-state index in [1.807, 2.05) is 13.8 Å². The van der Waals surface area contributed by atoms with Crippen LogP contribution in [0.3, 0.4) is 0 Å². The zero-order valence-corrected chi connectivity index (χ0v) is 10.7. The van der Waals surface area contributed by atoms with Crippen molar-refractivity contribution in [2.75, 3.05) is 13.2 Å². The summed E-state index contributed by atoms with van der Waals surface area (Å²) in [6, 6.07) is 0. The molecule has 0 aromatic heterocycles. The van der Waals surface area contributed by atoms with E-state index in [0.29, 0.717) is 6.61 Å². The van der Waals surface area contributed by atoms with E-state index in [9.17, 15) is 0 Å². The maximum Gasteiger partial charge on any atom is 0.163 e. The first kappa shape index (κ1) is 13.9. The van der Waals surface area contributed by atoms with Gasteiger partial charge in [0.15, 0.2) is 5.79 Å². The van der Waals surface area contributed by atoms with Crippen molar-refractivity contribution < 1.29 is 19.3 Å². The summed E-state index contributed by atoms with van der Waals surface area (Å²) in [5.41, 5.74) is 0. The molecule has 3 unspecified atom stereocenters. The zero-order valence-electron chi connectivity index (χ0n) is 10.7. The third kappa shape index (κ3) is 3.42. The Hall–Kier alpha value is -0.160. The number of rotatable bonds is 1. The molecule has 2 fully saturated rings. The minimum absolute atomic E-state index is 0.000602. The Labute approximate surface area is 97.9 Å². The molecule has 3 atom stereocenters.